The molecular formula is C15H29BrO. The van der Waals surface area contributed by atoms with Gasteiger partial charge in [0, 0.05) is 5.33 Å². The summed E-state index contributed by atoms with van der Waals surface area (Å²) in [6.45, 7) is 10.2. The summed E-state index contributed by atoms with van der Waals surface area (Å²) in [7, 11) is 0. The lowest BCUT2D eigenvalue weighted by atomic mass is 9.75. The molecule has 1 rings (SSSR count). The summed E-state index contributed by atoms with van der Waals surface area (Å²) >= 11 is 3.58. The van der Waals surface area contributed by atoms with Crippen LogP contribution < -0.4 is 0 Å². The van der Waals surface area contributed by atoms with Crippen molar-refractivity contribution in [3.05, 3.63) is 0 Å². The maximum atomic E-state index is 6.24. The molecule has 4 atom stereocenters. The third-order valence-corrected chi connectivity index (χ3v) is 5.22. The standard InChI is InChI=1S/C15H29BrO/c1-5-13(9-16)10-17-15-8-12(4)6-7-14(15)11(2)3/h11-15H,5-10H2,1-4H3. The second-order valence-corrected chi connectivity index (χ2v) is 6.77. The molecule has 0 N–H and O–H groups in total. The van der Waals surface area contributed by atoms with E-state index < -0.39 is 0 Å². The molecule has 0 radical (unpaired) electrons. The van der Waals surface area contributed by atoms with Crippen LogP contribution in [0, 0.1) is 23.7 Å². The lowest BCUT2D eigenvalue weighted by Crippen LogP contribution is -2.35. The van der Waals surface area contributed by atoms with E-state index in [-0.39, 0.29) is 0 Å². The summed E-state index contributed by atoms with van der Waals surface area (Å²) in [5, 5.41) is 1.07. The van der Waals surface area contributed by atoms with Gasteiger partial charge in [-0.15, -0.1) is 0 Å². The van der Waals surface area contributed by atoms with Crippen LogP contribution in [0.15, 0.2) is 0 Å². The average molecular weight is 305 g/mol. The third-order valence-electron chi connectivity index (χ3n) is 4.30. The zero-order valence-electron chi connectivity index (χ0n) is 11.9. The molecule has 0 aromatic carbocycles. The maximum Gasteiger partial charge on any atom is 0.0608 e. The first-order valence-corrected chi connectivity index (χ1v) is 8.38. The molecule has 0 spiro atoms. The molecule has 4 unspecified atom stereocenters. The first-order valence-electron chi connectivity index (χ1n) is 7.26. The molecule has 0 amide bonds. The van der Waals surface area contributed by atoms with E-state index in [9.17, 15) is 0 Å². The molecule has 17 heavy (non-hydrogen) atoms. The molecule has 0 aliphatic heterocycles. The Morgan fingerprint density at radius 2 is 2.00 bits per heavy atom. The van der Waals surface area contributed by atoms with Crippen LogP contribution in [0.2, 0.25) is 0 Å². The molecule has 1 nitrogen and oxygen atoms in total. The van der Waals surface area contributed by atoms with Crippen molar-refractivity contribution in [2.45, 2.75) is 59.5 Å². The van der Waals surface area contributed by atoms with Gasteiger partial charge in [0.2, 0.25) is 0 Å². The highest BCUT2D eigenvalue weighted by atomic mass is 79.9. The van der Waals surface area contributed by atoms with Crippen LogP contribution >= 0.6 is 15.9 Å². The topological polar surface area (TPSA) is 9.23 Å². The number of hydrogen-bond donors (Lipinski definition) is 0. The minimum atomic E-state index is 0.506. The van der Waals surface area contributed by atoms with Crippen molar-refractivity contribution in [1.82, 2.24) is 0 Å². The Kier molecular flexibility index (Phi) is 7.10. The molecule has 2 heteroatoms. The van der Waals surface area contributed by atoms with Crippen LogP contribution in [0.3, 0.4) is 0 Å². The van der Waals surface area contributed by atoms with Gasteiger partial charge in [-0.1, -0.05) is 56.5 Å². The lowest BCUT2D eigenvalue weighted by molar-refractivity contribution is -0.0491. The molecule has 1 fully saturated rings. The Morgan fingerprint density at radius 1 is 1.29 bits per heavy atom. The second kappa shape index (κ2) is 7.78. The summed E-state index contributed by atoms with van der Waals surface area (Å²) in [6, 6.07) is 0. The van der Waals surface area contributed by atoms with Gasteiger partial charge < -0.3 is 4.74 Å². The summed E-state index contributed by atoms with van der Waals surface area (Å²) in [5.74, 6) is 3.06. The van der Waals surface area contributed by atoms with Crippen LogP contribution in [-0.4, -0.2) is 18.0 Å². The Bertz CT molecular complexity index is 201. The summed E-state index contributed by atoms with van der Waals surface area (Å²) in [6.07, 6.45) is 5.72. The van der Waals surface area contributed by atoms with Crippen molar-refractivity contribution in [3.8, 4) is 0 Å². The van der Waals surface area contributed by atoms with E-state index >= 15 is 0 Å². The Hall–Kier alpha value is 0.440. The Morgan fingerprint density at radius 3 is 2.53 bits per heavy atom. The normalized spacial score (nSPS) is 31.8. The predicted molar refractivity (Wildman–Crippen MR) is 78.7 cm³/mol. The third kappa shape index (κ3) is 4.90. The van der Waals surface area contributed by atoms with Gasteiger partial charge in [0.05, 0.1) is 12.7 Å². The lowest BCUT2D eigenvalue weighted by Gasteiger charge is -2.37. The van der Waals surface area contributed by atoms with Crippen LogP contribution in [0.1, 0.15) is 53.4 Å². The zero-order chi connectivity index (χ0) is 12.8. The quantitative estimate of drug-likeness (QED) is 0.635. The van der Waals surface area contributed by atoms with Gasteiger partial charge >= 0.3 is 0 Å². The average Bonchev–Trinajstić information content (AvgIpc) is 2.30. The summed E-state index contributed by atoms with van der Waals surface area (Å²) in [4.78, 5) is 0. The first-order chi connectivity index (χ1) is 8.08. The van der Waals surface area contributed by atoms with Gasteiger partial charge in [0.15, 0.2) is 0 Å². The van der Waals surface area contributed by atoms with Crippen molar-refractivity contribution < 1.29 is 4.74 Å². The molecule has 0 heterocycles. The summed E-state index contributed by atoms with van der Waals surface area (Å²) < 4.78 is 6.24. The van der Waals surface area contributed by atoms with Gasteiger partial charge in [0.1, 0.15) is 0 Å². The largest absolute Gasteiger partial charge is 0.378 e. The van der Waals surface area contributed by atoms with Crippen LogP contribution in [0.4, 0.5) is 0 Å². The van der Waals surface area contributed by atoms with Crippen molar-refractivity contribution in [3.63, 3.8) is 0 Å². The van der Waals surface area contributed by atoms with Crippen molar-refractivity contribution >= 4 is 15.9 Å². The molecule has 0 saturated heterocycles. The van der Waals surface area contributed by atoms with Crippen molar-refractivity contribution in [2.24, 2.45) is 23.7 Å². The maximum absolute atomic E-state index is 6.24. The molecule has 0 aromatic rings. The molecule has 0 aromatic heterocycles. The number of rotatable bonds is 6. The highest BCUT2D eigenvalue weighted by Gasteiger charge is 2.31. The van der Waals surface area contributed by atoms with Gasteiger partial charge in [-0.05, 0) is 36.5 Å². The predicted octanol–water partition coefficient (Wildman–Crippen LogP) is 4.88. The minimum Gasteiger partial charge on any atom is -0.378 e. The molecule has 1 aliphatic carbocycles. The van der Waals surface area contributed by atoms with Crippen molar-refractivity contribution in [2.75, 3.05) is 11.9 Å². The van der Waals surface area contributed by atoms with E-state index in [4.69, 9.17) is 4.74 Å². The van der Waals surface area contributed by atoms with Gasteiger partial charge in [-0.2, -0.15) is 0 Å². The van der Waals surface area contributed by atoms with Gasteiger partial charge in [0.25, 0.3) is 0 Å². The SMILES string of the molecule is CCC(CBr)COC1CC(C)CCC1C(C)C. The van der Waals surface area contributed by atoms with Gasteiger partial charge in [-0.25, -0.2) is 0 Å². The van der Waals surface area contributed by atoms with E-state index in [0.717, 1.165) is 29.7 Å². The van der Waals surface area contributed by atoms with E-state index in [0.29, 0.717) is 12.0 Å². The van der Waals surface area contributed by atoms with Crippen molar-refractivity contribution in [1.29, 1.82) is 0 Å². The second-order valence-electron chi connectivity index (χ2n) is 6.13. The number of alkyl halides is 1. The molecule has 1 saturated carbocycles. The number of ether oxygens (including phenoxy) is 1. The number of halogens is 1. The molecular weight excluding hydrogens is 276 g/mol. The van der Waals surface area contributed by atoms with Crippen LogP contribution in [0.25, 0.3) is 0 Å². The summed E-state index contributed by atoms with van der Waals surface area (Å²) in [5.41, 5.74) is 0. The molecule has 102 valence electrons. The van der Waals surface area contributed by atoms with Crippen LogP contribution in [0.5, 0.6) is 0 Å². The fraction of sp³-hybridized carbons (Fsp3) is 1.00. The van der Waals surface area contributed by atoms with E-state index in [1.807, 2.05) is 0 Å². The van der Waals surface area contributed by atoms with E-state index in [2.05, 4.69) is 43.6 Å². The number of hydrogen-bond acceptors (Lipinski definition) is 1. The molecule has 1 aliphatic rings. The Labute approximate surface area is 116 Å². The highest BCUT2D eigenvalue weighted by molar-refractivity contribution is 9.09. The minimum absolute atomic E-state index is 0.506. The highest BCUT2D eigenvalue weighted by Crippen LogP contribution is 2.35. The first kappa shape index (κ1) is 15.5. The monoisotopic (exact) mass is 304 g/mol. The molecule has 0 bridgehead atoms. The fourth-order valence-corrected chi connectivity index (χ4v) is 3.48. The fourth-order valence-electron chi connectivity index (χ4n) is 2.84. The van der Waals surface area contributed by atoms with E-state index in [1.165, 1.54) is 25.7 Å². The van der Waals surface area contributed by atoms with Gasteiger partial charge in [-0.3, -0.25) is 0 Å². The zero-order valence-corrected chi connectivity index (χ0v) is 13.5. The van der Waals surface area contributed by atoms with E-state index in [1.54, 1.807) is 0 Å². The smallest absolute Gasteiger partial charge is 0.0608 e. The Balaban J connectivity index is 2.46. The van der Waals surface area contributed by atoms with Crippen LogP contribution in [-0.2, 0) is 4.74 Å².